The molecule has 0 aromatic heterocycles. The number of amides is 1. The van der Waals surface area contributed by atoms with E-state index in [0.717, 1.165) is 38.5 Å². The van der Waals surface area contributed by atoms with Gasteiger partial charge in [-0.2, -0.15) is 0 Å². The summed E-state index contributed by atoms with van der Waals surface area (Å²) in [6, 6.07) is 0.349. The van der Waals surface area contributed by atoms with Gasteiger partial charge in [0.1, 0.15) is 0 Å². The quantitative estimate of drug-likeness (QED) is 0.739. The third-order valence-electron chi connectivity index (χ3n) is 5.18. The van der Waals surface area contributed by atoms with Crippen LogP contribution < -0.4 is 5.73 Å². The lowest BCUT2D eigenvalue weighted by Crippen LogP contribution is -2.57. The number of aliphatic hydroxyl groups is 1. The van der Waals surface area contributed by atoms with Crippen molar-refractivity contribution in [1.29, 1.82) is 0 Å². The second-order valence-corrected chi connectivity index (χ2v) is 7.11. The third-order valence-corrected chi connectivity index (χ3v) is 5.57. The van der Waals surface area contributed by atoms with Crippen LogP contribution in [0.25, 0.3) is 0 Å². The number of aliphatic hydroxyl groups excluding tert-OH is 1. The minimum Gasteiger partial charge on any atom is -0.393 e. The number of nitrogens with zero attached hydrogens (tertiary/aromatic N) is 1. The van der Waals surface area contributed by atoms with E-state index < -0.39 is 5.41 Å². The zero-order valence-electron chi connectivity index (χ0n) is 13.2. The van der Waals surface area contributed by atoms with Crippen LogP contribution in [0.2, 0.25) is 0 Å². The first-order valence-corrected chi connectivity index (χ1v) is 8.67. The maximum absolute atomic E-state index is 13.3. The molecular weight excluding hydrogens is 284 g/mol. The molecule has 2 fully saturated rings. The van der Waals surface area contributed by atoms with Gasteiger partial charge in [0.25, 0.3) is 0 Å². The first-order chi connectivity index (χ1) is 9.96. The molecule has 5 heteroatoms. The van der Waals surface area contributed by atoms with Crippen molar-refractivity contribution in [3.8, 4) is 0 Å². The van der Waals surface area contributed by atoms with E-state index in [-0.39, 0.29) is 24.1 Å². The lowest BCUT2D eigenvalue weighted by Gasteiger charge is -2.43. The Morgan fingerprint density at radius 1 is 1.24 bits per heavy atom. The van der Waals surface area contributed by atoms with Crippen molar-refractivity contribution in [2.45, 2.75) is 83.4 Å². The first-order valence-electron chi connectivity index (χ1n) is 8.27. The number of piperidine rings is 1. The number of rotatable bonds is 6. The van der Waals surface area contributed by atoms with Crippen molar-refractivity contribution < 1.29 is 9.90 Å². The molecule has 120 valence electrons. The van der Waals surface area contributed by atoms with Gasteiger partial charge in [-0.25, -0.2) is 0 Å². The molecule has 3 N–H and O–H groups in total. The third kappa shape index (κ3) is 2.95. The van der Waals surface area contributed by atoms with Gasteiger partial charge < -0.3 is 15.7 Å². The van der Waals surface area contributed by atoms with Crippen LogP contribution in [-0.4, -0.2) is 39.1 Å². The minimum atomic E-state index is -0.679. The number of hydrogen-bond donors (Lipinski definition) is 2. The fourth-order valence-electron chi connectivity index (χ4n) is 4.27. The number of carbonyl (C=O) groups is 1. The Balaban J connectivity index is 2.28. The largest absolute Gasteiger partial charge is 0.393 e. The second-order valence-electron chi connectivity index (χ2n) is 6.67. The lowest BCUT2D eigenvalue weighted by atomic mass is 9.76. The van der Waals surface area contributed by atoms with Crippen molar-refractivity contribution >= 4 is 23.1 Å². The summed E-state index contributed by atoms with van der Waals surface area (Å²) in [5, 5.41) is 9.92. The standard InChI is InChI=1S/C16H28N2O2S/c1-3-7-16(8-4-2,14(17)21)15(20)18-11-5-6-12(18)10-13(19)9-11/h11-13,19H,3-10H2,1-2H3,(H2,17,21). The van der Waals surface area contributed by atoms with E-state index in [9.17, 15) is 9.90 Å². The van der Waals surface area contributed by atoms with Gasteiger partial charge in [0.05, 0.1) is 16.5 Å². The summed E-state index contributed by atoms with van der Waals surface area (Å²) in [6.07, 6.45) is 6.40. The molecule has 0 aromatic rings. The number of thiocarbonyl (C=S) groups is 1. The highest BCUT2D eigenvalue weighted by Gasteiger charge is 2.50. The molecule has 2 atom stereocenters. The van der Waals surface area contributed by atoms with Gasteiger partial charge in [0, 0.05) is 12.1 Å². The summed E-state index contributed by atoms with van der Waals surface area (Å²) in [6.45, 7) is 4.15. The molecule has 2 rings (SSSR count). The van der Waals surface area contributed by atoms with Crippen molar-refractivity contribution in [3.05, 3.63) is 0 Å². The van der Waals surface area contributed by atoms with Gasteiger partial charge in [-0.1, -0.05) is 38.9 Å². The predicted molar refractivity (Wildman–Crippen MR) is 87.9 cm³/mol. The molecule has 4 nitrogen and oxygen atoms in total. The van der Waals surface area contributed by atoms with E-state index in [1.54, 1.807) is 0 Å². The highest BCUT2D eigenvalue weighted by Crippen LogP contribution is 2.41. The molecule has 0 radical (unpaired) electrons. The van der Waals surface area contributed by atoms with Crippen molar-refractivity contribution in [2.75, 3.05) is 0 Å². The molecular formula is C16H28N2O2S. The van der Waals surface area contributed by atoms with Gasteiger partial charge in [0.2, 0.25) is 5.91 Å². The number of carbonyl (C=O) groups excluding carboxylic acids is 1. The molecule has 2 aliphatic rings. The number of fused-ring (bicyclic) bond motifs is 2. The summed E-state index contributed by atoms with van der Waals surface area (Å²) >= 11 is 5.31. The fraction of sp³-hybridized carbons (Fsp3) is 0.875. The van der Waals surface area contributed by atoms with Crippen LogP contribution in [0.15, 0.2) is 0 Å². The van der Waals surface area contributed by atoms with Crippen LogP contribution in [0, 0.1) is 5.41 Å². The smallest absolute Gasteiger partial charge is 0.236 e. The summed E-state index contributed by atoms with van der Waals surface area (Å²) < 4.78 is 0. The average molecular weight is 312 g/mol. The molecule has 2 bridgehead atoms. The van der Waals surface area contributed by atoms with Crippen LogP contribution in [-0.2, 0) is 4.79 Å². The topological polar surface area (TPSA) is 66.6 Å². The maximum Gasteiger partial charge on any atom is 0.236 e. The Hall–Kier alpha value is -0.680. The van der Waals surface area contributed by atoms with Gasteiger partial charge in [-0.15, -0.1) is 0 Å². The van der Waals surface area contributed by atoms with E-state index in [2.05, 4.69) is 13.8 Å². The molecule has 0 spiro atoms. The molecule has 2 aliphatic heterocycles. The van der Waals surface area contributed by atoms with Gasteiger partial charge in [-0.05, 0) is 38.5 Å². The Kier molecular flexibility index (Phi) is 5.25. The van der Waals surface area contributed by atoms with Crippen molar-refractivity contribution in [3.63, 3.8) is 0 Å². The highest BCUT2D eigenvalue weighted by atomic mass is 32.1. The van der Waals surface area contributed by atoms with Crippen molar-refractivity contribution in [2.24, 2.45) is 11.1 Å². The summed E-state index contributed by atoms with van der Waals surface area (Å²) in [7, 11) is 0. The number of hydrogen-bond acceptors (Lipinski definition) is 3. The van der Waals surface area contributed by atoms with E-state index >= 15 is 0 Å². The minimum absolute atomic E-state index is 0.123. The van der Waals surface area contributed by atoms with Gasteiger partial charge in [0.15, 0.2) is 0 Å². The monoisotopic (exact) mass is 312 g/mol. The molecule has 1 amide bonds. The van der Waals surface area contributed by atoms with E-state index in [4.69, 9.17) is 18.0 Å². The molecule has 21 heavy (non-hydrogen) atoms. The maximum atomic E-state index is 13.3. The Bertz CT molecular complexity index is 393. The van der Waals surface area contributed by atoms with Crippen LogP contribution in [0.1, 0.15) is 65.2 Å². The predicted octanol–water partition coefficient (Wildman–Crippen LogP) is 2.37. The Labute approximate surface area is 133 Å². The highest BCUT2D eigenvalue weighted by molar-refractivity contribution is 7.80. The first kappa shape index (κ1) is 16.7. The summed E-state index contributed by atoms with van der Waals surface area (Å²) in [4.78, 5) is 15.7. The molecule has 0 aliphatic carbocycles. The van der Waals surface area contributed by atoms with Gasteiger partial charge in [-0.3, -0.25) is 4.79 Å². The van der Waals surface area contributed by atoms with Crippen LogP contribution in [0.4, 0.5) is 0 Å². The fourth-order valence-corrected chi connectivity index (χ4v) is 4.56. The van der Waals surface area contributed by atoms with E-state index in [1.165, 1.54) is 0 Å². The van der Waals surface area contributed by atoms with Crippen molar-refractivity contribution in [1.82, 2.24) is 4.90 Å². The van der Waals surface area contributed by atoms with E-state index in [0.29, 0.717) is 17.8 Å². The van der Waals surface area contributed by atoms with E-state index in [1.807, 2.05) is 4.90 Å². The zero-order chi connectivity index (χ0) is 15.6. The molecule has 2 saturated heterocycles. The molecule has 2 heterocycles. The van der Waals surface area contributed by atoms with Crippen LogP contribution in [0.5, 0.6) is 0 Å². The van der Waals surface area contributed by atoms with Crippen LogP contribution >= 0.6 is 12.2 Å². The lowest BCUT2D eigenvalue weighted by molar-refractivity contribution is -0.145. The Morgan fingerprint density at radius 3 is 2.10 bits per heavy atom. The second kappa shape index (κ2) is 6.61. The summed E-state index contributed by atoms with van der Waals surface area (Å²) in [5.74, 6) is 0.123. The number of nitrogens with two attached hydrogens (primary N) is 1. The van der Waals surface area contributed by atoms with Gasteiger partial charge >= 0.3 is 0 Å². The Morgan fingerprint density at radius 2 is 1.71 bits per heavy atom. The molecule has 0 saturated carbocycles. The SMILES string of the molecule is CCCC(CCC)(C(=O)N1C2CCC1CC(O)C2)C(N)=S. The zero-order valence-corrected chi connectivity index (χ0v) is 14.0. The average Bonchev–Trinajstić information content (AvgIpc) is 2.69. The van der Waals surface area contributed by atoms with Crippen LogP contribution in [0.3, 0.4) is 0 Å². The summed E-state index contributed by atoms with van der Waals surface area (Å²) in [5.41, 5.74) is 5.35. The molecule has 0 aromatic carbocycles. The normalized spacial score (nSPS) is 28.7. The molecule has 2 unspecified atom stereocenters.